The maximum absolute atomic E-state index is 6.18. The molecule has 0 spiro atoms. The zero-order valence-electron chi connectivity index (χ0n) is 22.6. The zero-order chi connectivity index (χ0) is 25.9. The van der Waals surface area contributed by atoms with Crippen molar-refractivity contribution in [3.63, 3.8) is 0 Å². The molecule has 2 atom stereocenters. The van der Waals surface area contributed by atoms with Gasteiger partial charge in [0.2, 0.25) is 0 Å². The average Bonchev–Trinajstić information content (AvgIpc) is 3.63. The van der Waals surface area contributed by atoms with Crippen molar-refractivity contribution in [1.29, 1.82) is 0 Å². The summed E-state index contributed by atoms with van der Waals surface area (Å²) in [6.07, 6.45) is 9.49. The summed E-state index contributed by atoms with van der Waals surface area (Å²) in [5, 5.41) is 7.97. The molecule has 37 heavy (non-hydrogen) atoms. The summed E-state index contributed by atoms with van der Waals surface area (Å²) >= 11 is 0. The van der Waals surface area contributed by atoms with Crippen LogP contribution in [0.25, 0.3) is 0 Å². The van der Waals surface area contributed by atoms with Crippen LogP contribution in [0.3, 0.4) is 0 Å². The van der Waals surface area contributed by atoms with Crippen LogP contribution in [0.4, 0.5) is 11.4 Å². The minimum Gasteiger partial charge on any atom is -0.497 e. The van der Waals surface area contributed by atoms with Gasteiger partial charge in [0.05, 0.1) is 37.3 Å². The number of anilines is 1. The van der Waals surface area contributed by atoms with Crippen molar-refractivity contribution in [1.82, 2.24) is 15.1 Å². The first kappa shape index (κ1) is 25.3. The number of aliphatic imine (C=N–C) groups is 1. The molecule has 3 aromatic rings. The number of hydrogen-bond acceptors (Lipinski definition) is 6. The number of aromatic nitrogens is 2. The van der Waals surface area contributed by atoms with Gasteiger partial charge >= 0.3 is 0 Å². The summed E-state index contributed by atoms with van der Waals surface area (Å²) in [4.78, 5) is 7.09. The highest BCUT2D eigenvalue weighted by Crippen LogP contribution is 2.41. The summed E-state index contributed by atoms with van der Waals surface area (Å²) in [7, 11) is 5.81. The van der Waals surface area contributed by atoms with E-state index in [4.69, 9.17) is 14.5 Å². The second-order valence-corrected chi connectivity index (χ2v) is 10.7. The van der Waals surface area contributed by atoms with Crippen LogP contribution in [0.5, 0.6) is 11.5 Å². The first-order chi connectivity index (χ1) is 17.9. The third-order valence-corrected chi connectivity index (χ3v) is 7.33. The molecule has 0 radical (unpaired) electrons. The van der Waals surface area contributed by atoms with Crippen molar-refractivity contribution in [2.45, 2.75) is 51.1 Å². The van der Waals surface area contributed by atoms with E-state index in [1.165, 1.54) is 24.0 Å². The minimum absolute atomic E-state index is 0.0525. The molecule has 0 amide bonds. The maximum atomic E-state index is 6.18. The largest absolute Gasteiger partial charge is 0.497 e. The predicted octanol–water partition coefficient (Wildman–Crippen LogP) is 5.63. The lowest BCUT2D eigenvalue weighted by Crippen LogP contribution is -2.28. The number of ether oxygens (including phenoxy) is 2. The molecule has 1 aliphatic carbocycles. The number of rotatable bonds is 11. The van der Waals surface area contributed by atoms with Crippen molar-refractivity contribution in [2.24, 2.45) is 18.0 Å². The van der Waals surface area contributed by atoms with Gasteiger partial charge < -0.3 is 19.7 Å². The number of nitrogens with zero attached hydrogens (tertiary/aromatic N) is 4. The van der Waals surface area contributed by atoms with Gasteiger partial charge in [-0.2, -0.15) is 5.10 Å². The number of benzene rings is 2. The number of methoxy groups -OCH3 is 1. The molecule has 1 aliphatic heterocycles. The van der Waals surface area contributed by atoms with Crippen LogP contribution >= 0.6 is 0 Å². The summed E-state index contributed by atoms with van der Waals surface area (Å²) in [5.74, 6) is 2.61. The standard InChI is InChI=1S/C30H39N5O2/c1-20(2)31-11-10-27(23-12-25(36-5)15-26(13-23)37-19-21-6-7-21)22-8-9-28-29(14-22)35(4)30(17-32-28)24-16-33-34(3)18-24/h8-9,12-18,20-21,27,30-31H,6-7,10-11,19H2,1-5H3. The smallest absolute Gasteiger partial charge is 0.123 e. The molecule has 1 N–H and O–H groups in total. The lowest BCUT2D eigenvalue weighted by atomic mass is 9.87. The first-order valence-electron chi connectivity index (χ1n) is 13.4. The van der Waals surface area contributed by atoms with Crippen molar-refractivity contribution < 1.29 is 9.47 Å². The molecule has 7 heteroatoms. The van der Waals surface area contributed by atoms with Gasteiger partial charge in [0.15, 0.2) is 0 Å². The fraction of sp³-hybridized carbons (Fsp3) is 0.467. The van der Waals surface area contributed by atoms with Gasteiger partial charge in [-0.15, -0.1) is 0 Å². The van der Waals surface area contributed by atoms with Gasteiger partial charge in [-0.25, -0.2) is 0 Å². The Morgan fingerprint density at radius 1 is 1.05 bits per heavy atom. The molecular weight excluding hydrogens is 462 g/mol. The molecule has 0 bridgehead atoms. The lowest BCUT2D eigenvalue weighted by molar-refractivity contribution is 0.297. The molecule has 2 aromatic carbocycles. The van der Waals surface area contributed by atoms with E-state index in [9.17, 15) is 0 Å². The maximum Gasteiger partial charge on any atom is 0.123 e. The van der Waals surface area contributed by atoms with E-state index in [-0.39, 0.29) is 12.0 Å². The summed E-state index contributed by atoms with van der Waals surface area (Å²) in [6, 6.07) is 13.5. The highest BCUT2D eigenvalue weighted by molar-refractivity contribution is 5.85. The molecule has 7 nitrogen and oxygen atoms in total. The predicted molar refractivity (Wildman–Crippen MR) is 150 cm³/mol. The third kappa shape index (κ3) is 5.99. The second-order valence-electron chi connectivity index (χ2n) is 10.7. The van der Waals surface area contributed by atoms with Gasteiger partial charge in [-0.05, 0) is 67.1 Å². The van der Waals surface area contributed by atoms with E-state index in [0.717, 1.165) is 48.0 Å². The summed E-state index contributed by atoms with van der Waals surface area (Å²) < 4.78 is 13.7. The number of fused-ring (bicyclic) bond motifs is 1. The SMILES string of the molecule is COc1cc(OCC2CC2)cc(C(CCNC(C)C)c2ccc3c(c2)N(C)C(c2cnn(C)c2)C=N3)c1. The number of hydrogen-bond donors (Lipinski definition) is 1. The van der Waals surface area contributed by atoms with E-state index in [2.05, 4.69) is 72.7 Å². The van der Waals surface area contributed by atoms with Crippen molar-refractivity contribution in [2.75, 3.05) is 32.2 Å². The number of nitrogens with one attached hydrogen (secondary N) is 1. The Hall–Kier alpha value is -3.32. The Morgan fingerprint density at radius 2 is 1.86 bits per heavy atom. The zero-order valence-corrected chi connectivity index (χ0v) is 22.6. The van der Waals surface area contributed by atoms with Crippen molar-refractivity contribution in [3.05, 3.63) is 65.5 Å². The molecular formula is C30H39N5O2. The Bertz CT molecular complexity index is 1250. The van der Waals surface area contributed by atoms with Crippen LogP contribution in [-0.2, 0) is 7.05 Å². The highest BCUT2D eigenvalue weighted by atomic mass is 16.5. The van der Waals surface area contributed by atoms with Gasteiger partial charge in [0, 0.05) is 50.1 Å². The fourth-order valence-electron chi connectivity index (χ4n) is 4.99. The van der Waals surface area contributed by atoms with Crippen LogP contribution < -0.4 is 19.7 Å². The van der Waals surface area contributed by atoms with E-state index >= 15 is 0 Å². The molecule has 1 aromatic heterocycles. The van der Waals surface area contributed by atoms with Crippen LogP contribution in [0.1, 0.15) is 61.8 Å². The summed E-state index contributed by atoms with van der Waals surface area (Å²) in [5.41, 5.74) is 5.72. The summed E-state index contributed by atoms with van der Waals surface area (Å²) in [6.45, 7) is 6.08. The Balaban J connectivity index is 1.48. The Morgan fingerprint density at radius 3 is 2.57 bits per heavy atom. The molecule has 1 saturated carbocycles. The third-order valence-electron chi connectivity index (χ3n) is 7.33. The molecule has 2 aliphatic rings. The van der Waals surface area contributed by atoms with Crippen molar-refractivity contribution in [3.8, 4) is 11.5 Å². The first-order valence-corrected chi connectivity index (χ1v) is 13.4. The average molecular weight is 502 g/mol. The van der Waals surface area contributed by atoms with Gasteiger partial charge in [-0.3, -0.25) is 9.67 Å². The topological polar surface area (TPSA) is 63.9 Å². The van der Waals surface area contributed by atoms with Crippen LogP contribution in [0, 0.1) is 5.92 Å². The van der Waals surface area contributed by atoms with Crippen molar-refractivity contribution >= 4 is 17.6 Å². The van der Waals surface area contributed by atoms with E-state index in [0.29, 0.717) is 12.0 Å². The molecule has 2 heterocycles. The monoisotopic (exact) mass is 501 g/mol. The van der Waals surface area contributed by atoms with Crippen LogP contribution in [0.15, 0.2) is 53.8 Å². The normalized spacial score (nSPS) is 17.7. The molecule has 0 saturated heterocycles. The quantitative estimate of drug-likeness (QED) is 0.369. The Labute approximate surface area is 220 Å². The molecule has 196 valence electrons. The van der Waals surface area contributed by atoms with Crippen LogP contribution in [0.2, 0.25) is 0 Å². The second kappa shape index (κ2) is 11.0. The fourth-order valence-corrected chi connectivity index (χ4v) is 4.99. The molecule has 1 fully saturated rings. The van der Waals surface area contributed by atoms with Gasteiger partial charge in [-0.1, -0.05) is 19.9 Å². The van der Waals surface area contributed by atoms with E-state index < -0.39 is 0 Å². The van der Waals surface area contributed by atoms with E-state index in [1.807, 2.05) is 30.2 Å². The lowest BCUT2D eigenvalue weighted by Gasteiger charge is -2.32. The van der Waals surface area contributed by atoms with Gasteiger partial charge in [0.1, 0.15) is 11.5 Å². The molecule has 2 unspecified atom stereocenters. The Kier molecular flexibility index (Phi) is 7.51. The minimum atomic E-state index is 0.0525. The van der Waals surface area contributed by atoms with Gasteiger partial charge in [0.25, 0.3) is 0 Å². The highest BCUT2D eigenvalue weighted by Gasteiger charge is 2.26. The van der Waals surface area contributed by atoms with Crippen LogP contribution in [-0.4, -0.2) is 49.3 Å². The molecule has 5 rings (SSSR count). The number of aryl methyl sites for hydroxylation is 1. The van der Waals surface area contributed by atoms with E-state index in [1.54, 1.807) is 7.11 Å².